The predicted octanol–water partition coefficient (Wildman–Crippen LogP) is 3.64. The van der Waals surface area contributed by atoms with Gasteiger partial charge in [-0.25, -0.2) is 4.39 Å². The number of carbonyl (C=O) groups is 1. The van der Waals surface area contributed by atoms with E-state index >= 15 is 0 Å². The summed E-state index contributed by atoms with van der Waals surface area (Å²) in [5.74, 6) is 0.939. The van der Waals surface area contributed by atoms with Gasteiger partial charge < -0.3 is 14.4 Å². The molecule has 1 heterocycles. The molecule has 0 N–H and O–H groups in total. The van der Waals surface area contributed by atoms with Gasteiger partial charge in [-0.05, 0) is 56.2 Å². The molecule has 5 nitrogen and oxygen atoms in total. The van der Waals surface area contributed by atoms with Gasteiger partial charge in [0.25, 0.3) is 5.91 Å². The van der Waals surface area contributed by atoms with Gasteiger partial charge in [0.2, 0.25) is 0 Å². The summed E-state index contributed by atoms with van der Waals surface area (Å²) >= 11 is 0. The van der Waals surface area contributed by atoms with Crippen LogP contribution in [0.3, 0.4) is 0 Å². The van der Waals surface area contributed by atoms with Gasteiger partial charge in [-0.2, -0.15) is 0 Å². The molecule has 156 valence electrons. The molecule has 29 heavy (non-hydrogen) atoms. The minimum atomic E-state index is -0.226. The summed E-state index contributed by atoms with van der Waals surface area (Å²) < 4.78 is 24.2. The van der Waals surface area contributed by atoms with E-state index in [1.807, 2.05) is 49.1 Å². The number of benzene rings is 2. The molecule has 1 aliphatic heterocycles. The summed E-state index contributed by atoms with van der Waals surface area (Å²) in [6.07, 6.45) is 0. The number of amides is 1. The van der Waals surface area contributed by atoms with Crippen molar-refractivity contribution in [1.82, 2.24) is 9.80 Å². The Hall–Kier alpha value is -2.60. The first-order chi connectivity index (χ1) is 13.9. The number of aryl methyl sites for hydroxylation is 1. The SMILES string of the molecule is COc1cc(C)ccc1OCC(=O)N1C[C@@H](C)N(Cc2ccc(F)cc2)C[C@@H]1C. The van der Waals surface area contributed by atoms with Crippen molar-refractivity contribution in [3.8, 4) is 11.5 Å². The Morgan fingerprint density at radius 3 is 2.48 bits per heavy atom. The van der Waals surface area contributed by atoms with Gasteiger partial charge in [0.15, 0.2) is 18.1 Å². The van der Waals surface area contributed by atoms with Gasteiger partial charge >= 0.3 is 0 Å². The van der Waals surface area contributed by atoms with Crippen molar-refractivity contribution in [2.45, 2.75) is 39.4 Å². The quantitative estimate of drug-likeness (QED) is 0.742. The van der Waals surface area contributed by atoms with Crippen molar-refractivity contribution in [2.24, 2.45) is 0 Å². The van der Waals surface area contributed by atoms with E-state index in [0.29, 0.717) is 18.0 Å². The molecule has 3 rings (SSSR count). The van der Waals surface area contributed by atoms with Crippen LogP contribution in [-0.2, 0) is 11.3 Å². The third-order valence-electron chi connectivity index (χ3n) is 5.40. The highest BCUT2D eigenvalue weighted by Crippen LogP contribution is 2.28. The molecule has 0 aliphatic carbocycles. The van der Waals surface area contributed by atoms with Crippen LogP contribution in [0.15, 0.2) is 42.5 Å². The first-order valence-corrected chi connectivity index (χ1v) is 9.92. The summed E-state index contributed by atoms with van der Waals surface area (Å²) in [7, 11) is 1.59. The molecule has 0 saturated carbocycles. The second-order valence-electron chi connectivity index (χ2n) is 7.74. The molecule has 1 amide bonds. The number of methoxy groups -OCH3 is 1. The maximum Gasteiger partial charge on any atom is 0.260 e. The average Bonchev–Trinajstić information content (AvgIpc) is 2.70. The number of hydrogen-bond acceptors (Lipinski definition) is 4. The van der Waals surface area contributed by atoms with Crippen LogP contribution < -0.4 is 9.47 Å². The van der Waals surface area contributed by atoms with Crippen LogP contribution in [0.2, 0.25) is 0 Å². The zero-order valence-electron chi connectivity index (χ0n) is 17.5. The lowest BCUT2D eigenvalue weighted by Gasteiger charge is -2.44. The van der Waals surface area contributed by atoms with Gasteiger partial charge in [-0.3, -0.25) is 9.69 Å². The third kappa shape index (κ3) is 5.26. The van der Waals surface area contributed by atoms with Gasteiger partial charge in [0.1, 0.15) is 5.82 Å². The average molecular weight is 400 g/mol. The number of nitrogens with zero attached hydrogens (tertiary/aromatic N) is 2. The first-order valence-electron chi connectivity index (χ1n) is 9.92. The molecule has 1 saturated heterocycles. The van der Waals surface area contributed by atoms with E-state index in [4.69, 9.17) is 9.47 Å². The minimum absolute atomic E-state index is 0.0194. The molecule has 0 bridgehead atoms. The molecule has 2 aromatic carbocycles. The maximum absolute atomic E-state index is 13.1. The van der Waals surface area contributed by atoms with Crippen molar-refractivity contribution >= 4 is 5.91 Å². The van der Waals surface area contributed by atoms with Crippen LogP contribution in [0, 0.1) is 12.7 Å². The molecule has 0 unspecified atom stereocenters. The molecular weight excluding hydrogens is 371 g/mol. The Morgan fingerprint density at radius 2 is 1.79 bits per heavy atom. The molecule has 1 fully saturated rings. The molecule has 0 aromatic heterocycles. The minimum Gasteiger partial charge on any atom is -0.493 e. The number of halogens is 1. The van der Waals surface area contributed by atoms with E-state index in [-0.39, 0.29) is 30.4 Å². The fourth-order valence-corrected chi connectivity index (χ4v) is 3.71. The van der Waals surface area contributed by atoms with Crippen molar-refractivity contribution < 1.29 is 18.7 Å². The normalized spacial score (nSPS) is 19.8. The van der Waals surface area contributed by atoms with E-state index < -0.39 is 0 Å². The maximum atomic E-state index is 13.1. The van der Waals surface area contributed by atoms with E-state index in [2.05, 4.69) is 11.8 Å². The Kier molecular flexibility index (Phi) is 6.75. The van der Waals surface area contributed by atoms with Crippen LogP contribution in [-0.4, -0.2) is 54.6 Å². The number of carbonyl (C=O) groups excluding carboxylic acids is 1. The van der Waals surface area contributed by atoms with E-state index in [1.165, 1.54) is 12.1 Å². The van der Waals surface area contributed by atoms with Crippen molar-refractivity contribution in [1.29, 1.82) is 0 Å². The summed E-state index contributed by atoms with van der Waals surface area (Å²) in [5, 5.41) is 0. The van der Waals surface area contributed by atoms with Crippen LogP contribution in [0.1, 0.15) is 25.0 Å². The predicted molar refractivity (Wildman–Crippen MR) is 111 cm³/mol. The summed E-state index contributed by atoms with van der Waals surface area (Å²) in [4.78, 5) is 17.0. The lowest BCUT2D eigenvalue weighted by Crippen LogP contribution is -2.58. The van der Waals surface area contributed by atoms with E-state index in [0.717, 1.165) is 24.2 Å². The monoisotopic (exact) mass is 400 g/mol. The fraction of sp³-hybridized carbons (Fsp3) is 0.435. The largest absolute Gasteiger partial charge is 0.493 e. The van der Waals surface area contributed by atoms with Crippen LogP contribution in [0.5, 0.6) is 11.5 Å². The van der Waals surface area contributed by atoms with Gasteiger partial charge in [0, 0.05) is 31.7 Å². The molecule has 6 heteroatoms. The fourth-order valence-electron chi connectivity index (χ4n) is 3.71. The number of piperazine rings is 1. The standard InChI is InChI=1S/C23H29FN2O3/c1-16-5-10-21(22(11-16)28-4)29-15-23(27)26-13-17(2)25(12-18(26)3)14-19-6-8-20(24)9-7-19/h5-11,17-18H,12-15H2,1-4H3/t17-,18+/m1/s1. The first kappa shape index (κ1) is 21.1. The highest BCUT2D eigenvalue weighted by Gasteiger charge is 2.32. The zero-order chi connectivity index (χ0) is 21.0. The number of ether oxygens (including phenoxy) is 2. The van der Waals surface area contributed by atoms with Crippen molar-refractivity contribution in [3.63, 3.8) is 0 Å². The molecule has 1 aliphatic rings. The van der Waals surface area contributed by atoms with E-state index in [1.54, 1.807) is 7.11 Å². The zero-order valence-corrected chi connectivity index (χ0v) is 17.5. The van der Waals surface area contributed by atoms with E-state index in [9.17, 15) is 9.18 Å². The van der Waals surface area contributed by atoms with Crippen LogP contribution in [0.4, 0.5) is 4.39 Å². The smallest absolute Gasteiger partial charge is 0.260 e. The summed E-state index contributed by atoms with van der Waals surface area (Å²) in [6.45, 7) is 8.26. The lowest BCUT2D eigenvalue weighted by molar-refractivity contribution is -0.139. The number of hydrogen-bond donors (Lipinski definition) is 0. The topological polar surface area (TPSA) is 42.0 Å². The molecule has 0 radical (unpaired) electrons. The highest BCUT2D eigenvalue weighted by molar-refractivity contribution is 5.78. The van der Waals surface area contributed by atoms with Gasteiger partial charge in [-0.1, -0.05) is 18.2 Å². The highest BCUT2D eigenvalue weighted by atomic mass is 19.1. The van der Waals surface area contributed by atoms with Gasteiger partial charge in [-0.15, -0.1) is 0 Å². The molecule has 2 aromatic rings. The van der Waals surface area contributed by atoms with Crippen LogP contribution in [0.25, 0.3) is 0 Å². The molecular formula is C23H29FN2O3. The van der Waals surface area contributed by atoms with Crippen molar-refractivity contribution in [3.05, 3.63) is 59.4 Å². The van der Waals surface area contributed by atoms with Crippen molar-refractivity contribution in [2.75, 3.05) is 26.8 Å². The summed E-state index contributed by atoms with van der Waals surface area (Å²) in [6, 6.07) is 12.5. The van der Waals surface area contributed by atoms with Gasteiger partial charge in [0.05, 0.1) is 7.11 Å². The second-order valence-corrected chi connectivity index (χ2v) is 7.74. The Morgan fingerprint density at radius 1 is 1.07 bits per heavy atom. The summed E-state index contributed by atoms with van der Waals surface area (Å²) in [5.41, 5.74) is 2.14. The number of rotatable bonds is 6. The molecule has 2 atom stereocenters. The lowest BCUT2D eigenvalue weighted by atomic mass is 10.1. The molecule has 0 spiro atoms. The Labute approximate surface area is 172 Å². The Bertz CT molecular complexity index is 841. The Balaban J connectivity index is 1.58. The van der Waals surface area contributed by atoms with Crippen LogP contribution >= 0.6 is 0 Å². The second kappa shape index (κ2) is 9.27. The third-order valence-corrected chi connectivity index (χ3v) is 5.40.